The van der Waals surface area contributed by atoms with Gasteiger partial charge in [-0.2, -0.15) is 5.26 Å². The van der Waals surface area contributed by atoms with E-state index in [-0.39, 0.29) is 5.41 Å². The molecule has 20 heavy (non-hydrogen) atoms. The number of hydrogen-bond donors (Lipinski definition) is 2. The van der Waals surface area contributed by atoms with E-state index in [0.29, 0.717) is 17.8 Å². The molecule has 104 valence electrons. The normalized spacial score (nSPS) is 17.8. The molecule has 3 heterocycles. The summed E-state index contributed by atoms with van der Waals surface area (Å²) in [6.07, 6.45) is 5.61. The number of H-pyrrole nitrogens is 1. The zero-order chi connectivity index (χ0) is 14.0. The summed E-state index contributed by atoms with van der Waals surface area (Å²) in [5.41, 5.74) is 1.48. The number of hydrogen-bond acceptors (Lipinski definition) is 4. The molecule has 0 bridgehead atoms. The fourth-order valence-corrected chi connectivity index (χ4v) is 2.66. The molecule has 3 rings (SSSR count). The van der Waals surface area contributed by atoms with E-state index in [1.54, 1.807) is 12.4 Å². The van der Waals surface area contributed by atoms with E-state index in [1.807, 2.05) is 6.07 Å². The highest BCUT2D eigenvalue weighted by Gasteiger charge is 2.28. The second-order valence-electron chi connectivity index (χ2n) is 5.70. The van der Waals surface area contributed by atoms with Crippen LogP contribution in [-0.4, -0.2) is 29.7 Å². The van der Waals surface area contributed by atoms with Crippen molar-refractivity contribution in [2.24, 2.45) is 5.41 Å². The van der Waals surface area contributed by atoms with E-state index in [1.165, 1.54) is 0 Å². The second-order valence-corrected chi connectivity index (χ2v) is 5.70. The van der Waals surface area contributed by atoms with Crippen LogP contribution in [-0.2, 0) is 0 Å². The molecule has 0 radical (unpaired) electrons. The molecule has 2 aromatic heterocycles. The molecule has 1 aliphatic rings. The number of piperidine rings is 1. The van der Waals surface area contributed by atoms with E-state index >= 15 is 0 Å². The van der Waals surface area contributed by atoms with Crippen molar-refractivity contribution in [2.75, 3.05) is 19.7 Å². The van der Waals surface area contributed by atoms with E-state index in [4.69, 9.17) is 10.00 Å². The average molecular weight is 270 g/mol. The highest BCUT2D eigenvalue weighted by Crippen LogP contribution is 2.32. The lowest BCUT2D eigenvalue weighted by Gasteiger charge is -2.33. The van der Waals surface area contributed by atoms with Crippen LogP contribution in [0.15, 0.2) is 18.5 Å². The lowest BCUT2D eigenvalue weighted by molar-refractivity contribution is 0.124. The van der Waals surface area contributed by atoms with Crippen molar-refractivity contribution in [3.05, 3.63) is 24.0 Å². The van der Waals surface area contributed by atoms with Crippen molar-refractivity contribution in [1.29, 1.82) is 5.26 Å². The van der Waals surface area contributed by atoms with E-state index in [9.17, 15) is 0 Å². The number of nitriles is 1. The van der Waals surface area contributed by atoms with Crippen LogP contribution in [0.25, 0.3) is 11.0 Å². The number of aromatic nitrogens is 2. The Bertz CT molecular complexity index is 649. The van der Waals surface area contributed by atoms with Crippen molar-refractivity contribution in [1.82, 2.24) is 15.3 Å². The first-order valence-electron chi connectivity index (χ1n) is 6.92. The Hall–Kier alpha value is -2.06. The van der Waals surface area contributed by atoms with Crippen LogP contribution in [0.4, 0.5) is 0 Å². The van der Waals surface area contributed by atoms with E-state index in [0.717, 1.165) is 37.1 Å². The average Bonchev–Trinajstić information content (AvgIpc) is 2.90. The maximum absolute atomic E-state index is 9.15. The third-order valence-electron chi connectivity index (χ3n) is 4.04. The minimum Gasteiger partial charge on any atom is -0.492 e. The number of pyridine rings is 1. The van der Waals surface area contributed by atoms with Crippen LogP contribution < -0.4 is 10.1 Å². The fourth-order valence-electron chi connectivity index (χ4n) is 2.66. The maximum atomic E-state index is 9.15. The molecule has 2 N–H and O–H groups in total. The minimum absolute atomic E-state index is 0.198. The Labute approximate surface area is 118 Å². The molecule has 0 amide bonds. The Balaban J connectivity index is 1.84. The molecule has 1 saturated heterocycles. The monoisotopic (exact) mass is 270 g/mol. The van der Waals surface area contributed by atoms with Gasteiger partial charge in [-0.3, -0.25) is 0 Å². The van der Waals surface area contributed by atoms with Crippen LogP contribution in [0.3, 0.4) is 0 Å². The Morgan fingerprint density at radius 2 is 2.25 bits per heavy atom. The third-order valence-corrected chi connectivity index (χ3v) is 4.04. The second kappa shape index (κ2) is 5.14. The molecule has 0 atom stereocenters. The number of fused-ring (bicyclic) bond motifs is 1. The minimum atomic E-state index is 0.198. The number of nitrogens with zero attached hydrogens (tertiary/aromatic N) is 2. The van der Waals surface area contributed by atoms with Crippen molar-refractivity contribution in [3.8, 4) is 11.8 Å². The topological polar surface area (TPSA) is 73.7 Å². The Kier molecular flexibility index (Phi) is 3.33. The predicted octanol–water partition coefficient (Wildman–Crippen LogP) is 2.20. The van der Waals surface area contributed by atoms with Gasteiger partial charge < -0.3 is 15.0 Å². The van der Waals surface area contributed by atoms with Gasteiger partial charge in [0, 0.05) is 17.8 Å². The number of rotatable bonds is 3. The van der Waals surface area contributed by atoms with Gasteiger partial charge in [0.15, 0.2) is 0 Å². The molecular formula is C15H18N4O. The molecule has 0 aliphatic carbocycles. The molecule has 0 spiro atoms. The van der Waals surface area contributed by atoms with Crippen molar-refractivity contribution in [3.63, 3.8) is 0 Å². The molecule has 1 fully saturated rings. The third kappa shape index (κ3) is 2.35. The summed E-state index contributed by atoms with van der Waals surface area (Å²) in [6.45, 7) is 5.01. The van der Waals surface area contributed by atoms with Crippen molar-refractivity contribution in [2.45, 2.75) is 19.8 Å². The molecule has 0 unspecified atom stereocenters. The summed E-state index contributed by atoms with van der Waals surface area (Å²) in [6, 6.07) is 4.01. The summed E-state index contributed by atoms with van der Waals surface area (Å²) in [4.78, 5) is 7.23. The standard InChI is InChI=1S/C15H18N4O/c1-15(3-6-17-7-4-15)10-20-12-2-5-18-14-13(12)11(8-16)9-19-14/h2,5,9,17H,3-4,6-7,10H2,1H3,(H,18,19). The highest BCUT2D eigenvalue weighted by molar-refractivity contribution is 5.88. The van der Waals surface area contributed by atoms with Crippen molar-refractivity contribution < 1.29 is 4.74 Å². The zero-order valence-electron chi connectivity index (χ0n) is 11.6. The van der Waals surface area contributed by atoms with Crippen LogP contribution in [0, 0.1) is 16.7 Å². The van der Waals surface area contributed by atoms with Crippen LogP contribution >= 0.6 is 0 Å². The summed E-state index contributed by atoms with van der Waals surface area (Å²) in [7, 11) is 0. The van der Waals surface area contributed by atoms with Gasteiger partial charge in [0.2, 0.25) is 0 Å². The van der Waals surface area contributed by atoms with Gasteiger partial charge >= 0.3 is 0 Å². The summed E-state index contributed by atoms with van der Waals surface area (Å²) >= 11 is 0. The Morgan fingerprint density at radius 3 is 3.00 bits per heavy atom. The first-order valence-corrected chi connectivity index (χ1v) is 6.92. The Morgan fingerprint density at radius 1 is 1.45 bits per heavy atom. The van der Waals surface area contributed by atoms with Gasteiger partial charge in [-0.15, -0.1) is 0 Å². The van der Waals surface area contributed by atoms with Gasteiger partial charge in [-0.05, 0) is 32.0 Å². The van der Waals surface area contributed by atoms with Gasteiger partial charge in [0.1, 0.15) is 17.5 Å². The highest BCUT2D eigenvalue weighted by atomic mass is 16.5. The van der Waals surface area contributed by atoms with E-state index < -0.39 is 0 Å². The maximum Gasteiger partial charge on any atom is 0.142 e. The quantitative estimate of drug-likeness (QED) is 0.896. The lowest BCUT2D eigenvalue weighted by Crippen LogP contribution is -2.38. The first-order chi connectivity index (χ1) is 9.72. The SMILES string of the molecule is CC1(COc2ccnc3[nH]cc(C#N)c23)CCNCC1. The number of ether oxygens (including phenoxy) is 1. The molecule has 2 aromatic rings. The molecule has 0 saturated carbocycles. The van der Waals surface area contributed by atoms with Gasteiger partial charge in [0.05, 0.1) is 17.6 Å². The van der Waals surface area contributed by atoms with Crippen LogP contribution in [0.5, 0.6) is 5.75 Å². The number of aromatic amines is 1. The van der Waals surface area contributed by atoms with Crippen LogP contribution in [0.1, 0.15) is 25.3 Å². The fraction of sp³-hybridized carbons (Fsp3) is 0.467. The first kappa shape index (κ1) is 12.9. The van der Waals surface area contributed by atoms with Gasteiger partial charge in [-0.25, -0.2) is 4.98 Å². The lowest BCUT2D eigenvalue weighted by atomic mass is 9.82. The summed E-state index contributed by atoms with van der Waals surface area (Å²) in [5.74, 6) is 0.743. The number of nitrogens with one attached hydrogen (secondary N) is 2. The summed E-state index contributed by atoms with van der Waals surface area (Å²) in [5, 5.41) is 13.3. The summed E-state index contributed by atoms with van der Waals surface area (Å²) < 4.78 is 6.02. The molecular weight excluding hydrogens is 252 g/mol. The molecule has 5 heteroatoms. The largest absolute Gasteiger partial charge is 0.492 e. The molecule has 5 nitrogen and oxygen atoms in total. The smallest absolute Gasteiger partial charge is 0.142 e. The predicted molar refractivity (Wildman–Crippen MR) is 76.5 cm³/mol. The van der Waals surface area contributed by atoms with E-state index in [2.05, 4.69) is 28.3 Å². The van der Waals surface area contributed by atoms with Crippen LogP contribution in [0.2, 0.25) is 0 Å². The molecule has 0 aromatic carbocycles. The van der Waals surface area contributed by atoms with Gasteiger partial charge in [0.25, 0.3) is 0 Å². The zero-order valence-corrected chi connectivity index (χ0v) is 11.6. The van der Waals surface area contributed by atoms with Gasteiger partial charge in [-0.1, -0.05) is 6.92 Å². The molecule has 1 aliphatic heterocycles. The van der Waals surface area contributed by atoms with Crippen molar-refractivity contribution >= 4 is 11.0 Å².